The van der Waals surface area contributed by atoms with Gasteiger partial charge >= 0.3 is 0 Å². The van der Waals surface area contributed by atoms with Crippen molar-refractivity contribution in [1.29, 1.82) is 0 Å². The predicted molar refractivity (Wildman–Crippen MR) is 89.1 cm³/mol. The maximum atomic E-state index is 9.87. The molecule has 1 heterocycles. The number of aliphatic hydroxyl groups is 3. The van der Waals surface area contributed by atoms with Gasteiger partial charge in [0.25, 0.3) is 0 Å². The van der Waals surface area contributed by atoms with E-state index in [0.717, 1.165) is 17.5 Å². The lowest BCUT2D eigenvalue weighted by atomic mass is 10.0. The molecule has 1 saturated heterocycles. The fourth-order valence-electron chi connectivity index (χ4n) is 2.54. The van der Waals surface area contributed by atoms with Crippen molar-refractivity contribution in [1.82, 2.24) is 0 Å². The summed E-state index contributed by atoms with van der Waals surface area (Å²) in [5, 5.41) is 29.7. The molecule has 3 rings (SSSR count). The van der Waals surface area contributed by atoms with E-state index in [-0.39, 0.29) is 6.61 Å². The minimum atomic E-state index is -1.30. The topological polar surface area (TPSA) is 79.2 Å². The molecule has 3 N–H and O–H groups in total. The van der Waals surface area contributed by atoms with E-state index in [1.165, 1.54) is 0 Å². The molecule has 2 aromatic carbocycles. The number of hydrogen-bond donors (Lipinski definition) is 3. The Bertz CT molecular complexity index is 658. The van der Waals surface area contributed by atoms with Gasteiger partial charge in [0.05, 0.1) is 6.61 Å². The lowest BCUT2D eigenvalue weighted by Crippen LogP contribution is -2.54. The molecular weight excluding hydrogens is 332 g/mol. The molecule has 4 atom stereocenters. The molecular formula is C18H19ClO5. The maximum Gasteiger partial charge on any atom is 0.228 e. The molecule has 0 bridgehead atoms. The molecule has 0 spiro atoms. The van der Waals surface area contributed by atoms with Crippen molar-refractivity contribution < 1.29 is 24.8 Å². The third kappa shape index (κ3) is 4.06. The first-order valence-corrected chi connectivity index (χ1v) is 8.06. The van der Waals surface area contributed by atoms with Gasteiger partial charge in [0.15, 0.2) is 0 Å². The molecule has 0 aliphatic carbocycles. The molecule has 0 radical (unpaired) electrons. The van der Waals surface area contributed by atoms with Crippen molar-refractivity contribution in [2.24, 2.45) is 0 Å². The van der Waals surface area contributed by atoms with Gasteiger partial charge in [-0.2, -0.15) is 0 Å². The van der Waals surface area contributed by atoms with Gasteiger partial charge in [-0.3, -0.25) is 0 Å². The van der Waals surface area contributed by atoms with Gasteiger partial charge in [-0.15, -0.1) is 0 Å². The van der Waals surface area contributed by atoms with Crippen molar-refractivity contribution >= 4 is 11.6 Å². The highest BCUT2D eigenvalue weighted by Gasteiger charge is 2.38. The molecule has 1 fully saturated rings. The average molecular weight is 351 g/mol. The first kappa shape index (κ1) is 17.2. The van der Waals surface area contributed by atoms with Crippen LogP contribution >= 0.6 is 11.6 Å². The van der Waals surface area contributed by atoms with E-state index in [9.17, 15) is 15.3 Å². The van der Waals surface area contributed by atoms with Crippen molar-refractivity contribution in [3.8, 4) is 5.75 Å². The summed E-state index contributed by atoms with van der Waals surface area (Å²) >= 11 is 5.88. The van der Waals surface area contributed by atoms with Crippen molar-refractivity contribution in [3.63, 3.8) is 0 Å². The standard InChI is InChI=1S/C18H19ClO5/c19-13-5-1-11(2-6-13)9-12-3-7-14(8-4-12)24-18-17(22)16(21)15(20)10-23-18/h1-8,15-18,20-22H,9-10H2/t15-,16+,17-,18-/m1/s1. The minimum Gasteiger partial charge on any atom is -0.462 e. The van der Waals surface area contributed by atoms with Crippen LogP contribution in [0.5, 0.6) is 5.75 Å². The predicted octanol–water partition coefficient (Wildman–Crippen LogP) is 1.75. The summed E-state index contributed by atoms with van der Waals surface area (Å²) in [7, 11) is 0. The Labute approximate surface area is 145 Å². The minimum absolute atomic E-state index is 0.0858. The molecule has 1 aliphatic heterocycles. The number of ether oxygens (including phenoxy) is 2. The SMILES string of the molecule is O[C@@H]1[C@@H](O)[C@@H](Oc2ccc(Cc3ccc(Cl)cc3)cc2)OC[C@H]1O. The van der Waals surface area contributed by atoms with Crippen LogP contribution in [-0.2, 0) is 11.2 Å². The van der Waals surface area contributed by atoms with E-state index in [4.69, 9.17) is 21.1 Å². The third-order valence-electron chi connectivity index (χ3n) is 3.95. The van der Waals surface area contributed by atoms with Gasteiger partial charge in [0.2, 0.25) is 6.29 Å². The first-order valence-electron chi connectivity index (χ1n) is 7.69. The second kappa shape index (κ2) is 7.51. The first-order chi connectivity index (χ1) is 11.5. The number of benzene rings is 2. The van der Waals surface area contributed by atoms with Gasteiger partial charge in [0, 0.05) is 5.02 Å². The van der Waals surface area contributed by atoms with Crippen LogP contribution < -0.4 is 4.74 Å². The van der Waals surface area contributed by atoms with E-state index in [2.05, 4.69) is 0 Å². The monoisotopic (exact) mass is 350 g/mol. The Morgan fingerprint density at radius 1 is 0.917 bits per heavy atom. The summed E-state index contributed by atoms with van der Waals surface area (Å²) in [5.74, 6) is 0.516. The van der Waals surface area contributed by atoms with Gasteiger partial charge in [-0.05, 0) is 41.8 Å². The van der Waals surface area contributed by atoms with E-state index in [0.29, 0.717) is 10.8 Å². The average Bonchev–Trinajstić information content (AvgIpc) is 2.59. The van der Waals surface area contributed by atoms with E-state index in [1.54, 1.807) is 12.1 Å². The van der Waals surface area contributed by atoms with Crippen LogP contribution in [0.1, 0.15) is 11.1 Å². The summed E-state index contributed by atoms with van der Waals surface area (Å²) < 4.78 is 10.8. The van der Waals surface area contributed by atoms with Gasteiger partial charge < -0.3 is 24.8 Å². The molecule has 24 heavy (non-hydrogen) atoms. The lowest BCUT2D eigenvalue weighted by molar-refractivity contribution is -0.242. The Morgan fingerprint density at radius 3 is 2.12 bits per heavy atom. The Morgan fingerprint density at radius 2 is 1.50 bits per heavy atom. The maximum absolute atomic E-state index is 9.87. The largest absolute Gasteiger partial charge is 0.462 e. The highest BCUT2D eigenvalue weighted by molar-refractivity contribution is 6.30. The third-order valence-corrected chi connectivity index (χ3v) is 4.20. The number of halogens is 1. The van der Waals surface area contributed by atoms with Gasteiger partial charge in [0.1, 0.15) is 24.1 Å². The molecule has 6 heteroatoms. The van der Waals surface area contributed by atoms with Gasteiger partial charge in [-0.1, -0.05) is 35.9 Å². The number of aliphatic hydroxyl groups excluding tert-OH is 3. The smallest absolute Gasteiger partial charge is 0.228 e. The summed E-state index contributed by atoms with van der Waals surface area (Å²) in [4.78, 5) is 0. The highest BCUT2D eigenvalue weighted by Crippen LogP contribution is 2.22. The second-order valence-electron chi connectivity index (χ2n) is 5.82. The molecule has 128 valence electrons. The second-order valence-corrected chi connectivity index (χ2v) is 6.25. The Hall–Kier alpha value is -1.63. The van der Waals surface area contributed by atoms with Crippen LogP contribution in [0.4, 0.5) is 0 Å². The van der Waals surface area contributed by atoms with Gasteiger partial charge in [-0.25, -0.2) is 0 Å². The molecule has 0 saturated carbocycles. The fourth-order valence-corrected chi connectivity index (χ4v) is 2.67. The number of rotatable bonds is 4. The Balaban J connectivity index is 1.61. The van der Waals surface area contributed by atoms with Crippen LogP contribution in [0.25, 0.3) is 0 Å². The van der Waals surface area contributed by atoms with E-state index in [1.807, 2.05) is 36.4 Å². The lowest BCUT2D eigenvalue weighted by Gasteiger charge is -2.34. The zero-order valence-corrected chi connectivity index (χ0v) is 13.6. The summed E-state index contributed by atoms with van der Waals surface area (Å²) in [6, 6.07) is 15.1. The highest BCUT2D eigenvalue weighted by atomic mass is 35.5. The van der Waals surface area contributed by atoms with Crippen molar-refractivity contribution in [3.05, 3.63) is 64.7 Å². The summed E-state index contributed by atoms with van der Waals surface area (Å²) in [6.45, 7) is -0.0858. The van der Waals surface area contributed by atoms with E-state index >= 15 is 0 Å². The van der Waals surface area contributed by atoms with Crippen LogP contribution in [0.3, 0.4) is 0 Å². The fraction of sp³-hybridized carbons (Fsp3) is 0.333. The molecule has 1 aliphatic rings. The zero-order chi connectivity index (χ0) is 17.1. The normalized spacial score (nSPS) is 27.0. The summed E-state index contributed by atoms with van der Waals surface area (Å²) in [5.41, 5.74) is 2.25. The van der Waals surface area contributed by atoms with Crippen molar-refractivity contribution in [2.45, 2.75) is 31.0 Å². The summed E-state index contributed by atoms with van der Waals surface area (Å²) in [6.07, 6.45) is -3.94. The van der Waals surface area contributed by atoms with Crippen LogP contribution in [0, 0.1) is 0 Å². The van der Waals surface area contributed by atoms with Crippen molar-refractivity contribution in [2.75, 3.05) is 6.61 Å². The van der Waals surface area contributed by atoms with E-state index < -0.39 is 24.6 Å². The Kier molecular flexibility index (Phi) is 5.38. The number of hydrogen-bond acceptors (Lipinski definition) is 5. The zero-order valence-electron chi connectivity index (χ0n) is 12.9. The van der Waals surface area contributed by atoms with Crippen LogP contribution in [-0.4, -0.2) is 46.5 Å². The quantitative estimate of drug-likeness (QED) is 0.783. The molecule has 0 amide bonds. The molecule has 5 nitrogen and oxygen atoms in total. The van der Waals surface area contributed by atoms with Crippen LogP contribution in [0.15, 0.2) is 48.5 Å². The molecule has 0 unspecified atom stereocenters. The molecule has 2 aromatic rings. The van der Waals surface area contributed by atoms with Crippen LogP contribution in [0.2, 0.25) is 5.02 Å². The molecule has 0 aromatic heterocycles.